The van der Waals surface area contributed by atoms with Crippen molar-refractivity contribution in [2.45, 2.75) is 37.5 Å². The number of thioether (sulfide) groups is 1. The van der Waals surface area contributed by atoms with Gasteiger partial charge < -0.3 is 10.7 Å². The number of rotatable bonds is 5. The molecule has 1 fully saturated rings. The summed E-state index contributed by atoms with van der Waals surface area (Å²) in [6, 6.07) is 0.492. The van der Waals surface area contributed by atoms with E-state index in [0.29, 0.717) is 11.9 Å². The third kappa shape index (κ3) is 3.27. The van der Waals surface area contributed by atoms with E-state index in [9.17, 15) is 0 Å². The van der Waals surface area contributed by atoms with Gasteiger partial charge in [0, 0.05) is 11.3 Å². The molecule has 1 aliphatic carbocycles. The summed E-state index contributed by atoms with van der Waals surface area (Å²) >= 11 is 5.51. The zero-order valence-corrected chi connectivity index (χ0v) is 12.7. The van der Waals surface area contributed by atoms with Crippen molar-refractivity contribution in [3.8, 4) is 0 Å². The number of aromatic nitrogens is 2. The topological polar surface area (TPSA) is 75.9 Å². The van der Waals surface area contributed by atoms with Crippen molar-refractivity contribution in [2.75, 3.05) is 16.5 Å². The number of nitrogens with one attached hydrogen (secondary N) is 2. The van der Waals surface area contributed by atoms with Crippen LogP contribution in [0.15, 0.2) is 10.8 Å². The third-order valence-electron chi connectivity index (χ3n) is 3.05. The van der Waals surface area contributed by atoms with Gasteiger partial charge in [0.05, 0.1) is 0 Å². The van der Waals surface area contributed by atoms with Gasteiger partial charge in [0.2, 0.25) is 0 Å². The van der Waals surface area contributed by atoms with Crippen LogP contribution in [0.5, 0.6) is 0 Å². The highest BCUT2D eigenvalue weighted by atomic mass is 79.9. The maximum atomic E-state index is 5.39. The van der Waals surface area contributed by atoms with Crippen molar-refractivity contribution < 1.29 is 0 Å². The number of nitrogens with two attached hydrogens (primary N) is 1. The first-order chi connectivity index (χ1) is 8.74. The Bertz CT molecular complexity index is 403. The highest BCUT2D eigenvalue weighted by Crippen LogP contribution is 2.33. The predicted octanol–water partition coefficient (Wildman–Crippen LogP) is 2.61. The molecule has 1 aliphatic rings. The van der Waals surface area contributed by atoms with E-state index < -0.39 is 0 Å². The van der Waals surface area contributed by atoms with Gasteiger partial charge in [0.1, 0.15) is 16.6 Å². The Morgan fingerprint density at radius 3 is 2.94 bits per heavy atom. The lowest BCUT2D eigenvalue weighted by molar-refractivity contribution is 0.750. The van der Waals surface area contributed by atoms with Crippen LogP contribution >= 0.6 is 27.7 Å². The summed E-state index contributed by atoms with van der Waals surface area (Å²) in [5.41, 5.74) is 2.55. The number of hydrogen-bond acceptors (Lipinski definition) is 6. The molecule has 0 radical (unpaired) electrons. The summed E-state index contributed by atoms with van der Waals surface area (Å²) < 4.78 is 0.791. The zero-order chi connectivity index (χ0) is 13.0. The highest BCUT2D eigenvalue weighted by molar-refractivity contribution is 9.10. The molecule has 0 bridgehead atoms. The molecule has 0 spiro atoms. The molecule has 2 unspecified atom stereocenters. The standard InChI is InChI=1S/C11H18BrN5S/c1-2-18-8-4-3-7(5-8)16-10-9(12)11(17-13)15-6-14-10/h6-8H,2-5,13H2,1H3,(H2,14,15,16,17). The first-order valence-corrected chi connectivity index (χ1v) is 7.94. The van der Waals surface area contributed by atoms with Crippen LogP contribution in [0.4, 0.5) is 11.6 Å². The van der Waals surface area contributed by atoms with E-state index in [0.717, 1.165) is 15.5 Å². The van der Waals surface area contributed by atoms with Gasteiger partial charge in [0.25, 0.3) is 0 Å². The summed E-state index contributed by atoms with van der Waals surface area (Å²) in [6.07, 6.45) is 5.18. The number of nitrogens with zero attached hydrogens (tertiary/aromatic N) is 2. The van der Waals surface area contributed by atoms with Gasteiger partial charge in [-0.05, 0) is 40.9 Å². The lowest BCUT2D eigenvalue weighted by Gasteiger charge is -2.15. The van der Waals surface area contributed by atoms with E-state index in [1.165, 1.54) is 31.3 Å². The summed E-state index contributed by atoms with van der Waals surface area (Å²) in [5, 5.41) is 4.24. The quantitative estimate of drug-likeness (QED) is 0.568. The predicted molar refractivity (Wildman–Crippen MR) is 80.7 cm³/mol. The third-order valence-corrected chi connectivity index (χ3v) is 5.04. The van der Waals surface area contributed by atoms with Crippen molar-refractivity contribution in [1.29, 1.82) is 0 Å². The van der Waals surface area contributed by atoms with E-state index >= 15 is 0 Å². The molecule has 4 N–H and O–H groups in total. The monoisotopic (exact) mass is 331 g/mol. The van der Waals surface area contributed by atoms with Crippen LogP contribution in [0.2, 0.25) is 0 Å². The van der Waals surface area contributed by atoms with Crippen LogP contribution in [-0.4, -0.2) is 27.0 Å². The molecule has 5 nitrogen and oxygen atoms in total. The van der Waals surface area contributed by atoms with Crippen LogP contribution in [0, 0.1) is 0 Å². The molecule has 1 heterocycles. The molecule has 1 saturated carbocycles. The first kappa shape index (κ1) is 13.9. The van der Waals surface area contributed by atoms with Gasteiger partial charge in [-0.15, -0.1) is 0 Å². The number of nitrogen functional groups attached to an aromatic ring is 1. The van der Waals surface area contributed by atoms with Crippen LogP contribution in [0.3, 0.4) is 0 Å². The largest absolute Gasteiger partial charge is 0.366 e. The van der Waals surface area contributed by atoms with E-state index in [-0.39, 0.29) is 0 Å². The second-order valence-electron chi connectivity index (χ2n) is 4.26. The Morgan fingerprint density at radius 1 is 1.44 bits per heavy atom. The maximum Gasteiger partial charge on any atom is 0.159 e. The number of halogens is 1. The average molecular weight is 332 g/mol. The minimum absolute atomic E-state index is 0.492. The Morgan fingerprint density at radius 2 is 2.22 bits per heavy atom. The van der Waals surface area contributed by atoms with E-state index in [1.807, 2.05) is 11.8 Å². The molecule has 0 saturated heterocycles. The molecule has 2 rings (SSSR count). The van der Waals surface area contributed by atoms with Gasteiger partial charge in [-0.25, -0.2) is 15.8 Å². The minimum Gasteiger partial charge on any atom is -0.366 e. The summed E-state index contributed by atoms with van der Waals surface area (Å²) in [6.45, 7) is 2.21. The fraction of sp³-hybridized carbons (Fsp3) is 0.636. The van der Waals surface area contributed by atoms with E-state index in [2.05, 4.69) is 43.6 Å². The molecule has 0 amide bonds. The maximum absolute atomic E-state index is 5.39. The first-order valence-electron chi connectivity index (χ1n) is 6.09. The Hall–Kier alpha value is -0.530. The van der Waals surface area contributed by atoms with Crippen molar-refractivity contribution in [3.05, 3.63) is 10.8 Å². The second kappa shape index (κ2) is 6.58. The molecule has 0 aliphatic heterocycles. The molecular weight excluding hydrogens is 314 g/mol. The van der Waals surface area contributed by atoms with Crippen molar-refractivity contribution in [2.24, 2.45) is 5.84 Å². The average Bonchev–Trinajstić information content (AvgIpc) is 2.80. The van der Waals surface area contributed by atoms with Crippen molar-refractivity contribution in [1.82, 2.24) is 9.97 Å². The SMILES string of the molecule is CCSC1CCC(Nc2ncnc(NN)c2Br)C1. The molecule has 0 aromatic carbocycles. The van der Waals surface area contributed by atoms with Crippen LogP contribution in [-0.2, 0) is 0 Å². The Kier molecular flexibility index (Phi) is 5.08. The van der Waals surface area contributed by atoms with Gasteiger partial charge in [-0.3, -0.25) is 0 Å². The molecule has 7 heteroatoms. The fourth-order valence-corrected chi connectivity index (χ4v) is 3.80. The van der Waals surface area contributed by atoms with Gasteiger partial charge in [-0.2, -0.15) is 11.8 Å². The van der Waals surface area contributed by atoms with Crippen molar-refractivity contribution >= 4 is 39.3 Å². The number of anilines is 2. The van der Waals surface area contributed by atoms with Crippen LogP contribution in [0.1, 0.15) is 26.2 Å². The Labute approximate surface area is 120 Å². The van der Waals surface area contributed by atoms with Crippen LogP contribution in [0.25, 0.3) is 0 Å². The van der Waals surface area contributed by atoms with Crippen LogP contribution < -0.4 is 16.6 Å². The molecule has 1 aromatic rings. The molecular formula is C11H18BrN5S. The lowest BCUT2D eigenvalue weighted by atomic mass is 10.2. The fourth-order valence-electron chi connectivity index (χ4n) is 2.22. The van der Waals surface area contributed by atoms with E-state index in [1.54, 1.807) is 0 Å². The molecule has 100 valence electrons. The van der Waals surface area contributed by atoms with Gasteiger partial charge in [-0.1, -0.05) is 6.92 Å². The van der Waals surface area contributed by atoms with Crippen molar-refractivity contribution in [3.63, 3.8) is 0 Å². The molecule has 1 aromatic heterocycles. The van der Waals surface area contributed by atoms with Gasteiger partial charge >= 0.3 is 0 Å². The normalized spacial score (nSPS) is 23.1. The van der Waals surface area contributed by atoms with E-state index in [4.69, 9.17) is 5.84 Å². The lowest BCUT2D eigenvalue weighted by Crippen LogP contribution is -2.18. The highest BCUT2D eigenvalue weighted by Gasteiger charge is 2.25. The smallest absolute Gasteiger partial charge is 0.159 e. The summed E-state index contributed by atoms with van der Waals surface area (Å²) in [4.78, 5) is 8.29. The minimum atomic E-state index is 0.492. The number of hydrogen-bond donors (Lipinski definition) is 3. The molecule has 2 atom stereocenters. The zero-order valence-electron chi connectivity index (χ0n) is 10.3. The summed E-state index contributed by atoms with van der Waals surface area (Å²) in [7, 11) is 0. The molecule has 18 heavy (non-hydrogen) atoms. The second-order valence-corrected chi connectivity index (χ2v) is 6.63. The summed E-state index contributed by atoms with van der Waals surface area (Å²) in [5.74, 6) is 7.99. The van der Waals surface area contributed by atoms with Gasteiger partial charge in [0.15, 0.2) is 5.82 Å². The Balaban J connectivity index is 1.98. The number of hydrazine groups is 1.